The molecule has 0 aliphatic carbocycles. The normalized spacial score (nSPS) is 12.6. The van der Waals surface area contributed by atoms with Gasteiger partial charge in [0.2, 0.25) is 10.0 Å². The third-order valence-corrected chi connectivity index (χ3v) is 7.20. The summed E-state index contributed by atoms with van der Waals surface area (Å²) in [6, 6.07) is 20.5. The number of para-hydroxylation sites is 2. The van der Waals surface area contributed by atoms with Crippen molar-refractivity contribution in [2.45, 2.75) is 14.7 Å². The Labute approximate surface area is 184 Å². The third-order valence-electron chi connectivity index (χ3n) is 4.66. The number of nitrogens with one attached hydrogen (secondary N) is 1. The van der Waals surface area contributed by atoms with Crippen molar-refractivity contribution in [3.63, 3.8) is 0 Å². The molecule has 0 aromatic heterocycles. The van der Waals surface area contributed by atoms with Crippen LogP contribution >= 0.6 is 11.8 Å². The van der Waals surface area contributed by atoms with E-state index in [2.05, 4.69) is 4.72 Å². The van der Waals surface area contributed by atoms with Crippen LogP contribution in [-0.2, 0) is 19.6 Å². The number of benzene rings is 3. The third kappa shape index (κ3) is 4.20. The summed E-state index contributed by atoms with van der Waals surface area (Å²) in [6.45, 7) is -0.491. The number of carbonyl (C=O) groups is 2. The summed E-state index contributed by atoms with van der Waals surface area (Å²) in [6.07, 6.45) is 0. The molecule has 1 amide bonds. The van der Waals surface area contributed by atoms with Crippen molar-refractivity contribution in [2.75, 3.05) is 18.6 Å². The number of fused-ring (bicyclic) bond motifs is 2. The zero-order chi connectivity index (χ0) is 22.0. The van der Waals surface area contributed by atoms with E-state index in [9.17, 15) is 18.0 Å². The molecule has 0 bridgehead atoms. The Hall–Kier alpha value is -3.14. The van der Waals surface area contributed by atoms with Crippen molar-refractivity contribution in [3.05, 3.63) is 78.4 Å². The van der Waals surface area contributed by atoms with E-state index in [0.717, 1.165) is 9.79 Å². The van der Waals surface area contributed by atoms with Gasteiger partial charge >= 0.3 is 5.97 Å². The molecule has 0 atom stereocenters. The minimum Gasteiger partial charge on any atom is -0.452 e. The molecule has 0 radical (unpaired) electrons. The molecular weight excluding hydrogens is 436 g/mol. The standard InChI is InChI=1S/C22H18N2O5S2/c1-23-31(27,28)16-8-6-7-15(13-16)22(26)29-14-21(25)24-17-9-2-4-11-19(17)30-20-12-5-3-10-18(20)24/h2-13,23H,14H2,1H3. The number of hydrogen-bond acceptors (Lipinski definition) is 6. The van der Waals surface area contributed by atoms with Crippen molar-refractivity contribution < 1.29 is 22.7 Å². The van der Waals surface area contributed by atoms with Gasteiger partial charge < -0.3 is 4.74 Å². The lowest BCUT2D eigenvalue weighted by Gasteiger charge is -2.30. The van der Waals surface area contributed by atoms with Crippen LogP contribution in [0.1, 0.15) is 10.4 Å². The topological polar surface area (TPSA) is 92.8 Å². The summed E-state index contributed by atoms with van der Waals surface area (Å²) in [5.74, 6) is -1.19. The molecule has 9 heteroatoms. The Morgan fingerprint density at radius 1 is 0.935 bits per heavy atom. The molecule has 0 saturated carbocycles. The van der Waals surface area contributed by atoms with Crippen LogP contribution in [0.4, 0.5) is 11.4 Å². The summed E-state index contributed by atoms with van der Waals surface area (Å²) < 4.78 is 31.3. The number of anilines is 2. The molecule has 1 aliphatic heterocycles. The Morgan fingerprint density at radius 2 is 1.55 bits per heavy atom. The van der Waals surface area contributed by atoms with Gasteiger partial charge in [0.05, 0.1) is 21.8 Å². The molecule has 0 spiro atoms. The largest absolute Gasteiger partial charge is 0.452 e. The summed E-state index contributed by atoms with van der Waals surface area (Å²) in [5.41, 5.74) is 1.47. The van der Waals surface area contributed by atoms with Crippen LogP contribution in [0.5, 0.6) is 0 Å². The second-order valence-electron chi connectivity index (χ2n) is 6.58. The molecule has 0 unspecified atom stereocenters. The van der Waals surface area contributed by atoms with E-state index >= 15 is 0 Å². The monoisotopic (exact) mass is 454 g/mol. The lowest BCUT2D eigenvalue weighted by Crippen LogP contribution is -2.32. The smallest absolute Gasteiger partial charge is 0.338 e. The molecule has 0 saturated heterocycles. The van der Waals surface area contributed by atoms with Crippen molar-refractivity contribution in [2.24, 2.45) is 0 Å². The molecule has 1 heterocycles. The lowest BCUT2D eigenvalue weighted by atomic mass is 10.2. The number of ether oxygens (including phenoxy) is 1. The van der Waals surface area contributed by atoms with E-state index < -0.39 is 28.5 Å². The van der Waals surface area contributed by atoms with Crippen LogP contribution in [0, 0.1) is 0 Å². The predicted molar refractivity (Wildman–Crippen MR) is 117 cm³/mol. The molecule has 31 heavy (non-hydrogen) atoms. The maximum Gasteiger partial charge on any atom is 0.338 e. The molecule has 158 valence electrons. The van der Waals surface area contributed by atoms with Crippen molar-refractivity contribution >= 4 is 45.0 Å². The fourth-order valence-electron chi connectivity index (χ4n) is 3.16. The van der Waals surface area contributed by atoms with Gasteiger partial charge in [-0.05, 0) is 49.5 Å². The highest BCUT2D eigenvalue weighted by molar-refractivity contribution is 7.99. The summed E-state index contributed by atoms with van der Waals surface area (Å²) in [7, 11) is -2.42. The Bertz CT molecular complexity index is 1230. The van der Waals surface area contributed by atoms with Gasteiger partial charge in [0.1, 0.15) is 0 Å². The van der Waals surface area contributed by atoms with Gasteiger partial charge in [-0.25, -0.2) is 17.9 Å². The summed E-state index contributed by atoms with van der Waals surface area (Å²) in [4.78, 5) is 28.9. The van der Waals surface area contributed by atoms with E-state index in [1.54, 1.807) is 11.8 Å². The highest BCUT2D eigenvalue weighted by Crippen LogP contribution is 2.47. The van der Waals surface area contributed by atoms with Gasteiger partial charge in [0.25, 0.3) is 5.91 Å². The Kier molecular flexibility index (Phi) is 5.81. The van der Waals surface area contributed by atoms with Crippen LogP contribution < -0.4 is 9.62 Å². The van der Waals surface area contributed by atoms with Gasteiger partial charge in [0, 0.05) is 9.79 Å². The Morgan fingerprint density at radius 3 is 2.16 bits per heavy atom. The van der Waals surface area contributed by atoms with Crippen LogP contribution in [-0.4, -0.2) is 33.9 Å². The maximum atomic E-state index is 13.1. The van der Waals surface area contributed by atoms with Gasteiger partial charge in [0.15, 0.2) is 6.61 Å². The maximum absolute atomic E-state index is 13.1. The van der Waals surface area contributed by atoms with Crippen molar-refractivity contribution in [1.29, 1.82) is 0 Å². The highest BCUT2D eigenvalue weighted by atomic mass is 32.2. The number of rotatable bonds is 5. The van der Waals surface area contributed by atoms with E-state index in [4.69, 9.17) is 4.74 Å². The molecule has 3 aromatic rings. The minimum atomic E-state index is -3.70. The van der Waals surface area contributed by atoms with Gasteiger partial charge in [-0.1, -0.05) is 42.1 Å². The average Bonchev–Trinajstić information content (AvgIpc) is 2.80. The molecule has 0 fully saturated rings. The summed E-state index contributed by atoms with van der Waals surface area (Å²) in [5, 5.41) is 0. The first-order valence-corrected chi connectivity index (χ1v) is 11.6. The first-order chi connectivity index (χ1) is 14.9. The van der Waals surface area contributed by atoms with E-state index in [0.29, 0.717) is 11.4 Å². The average molecular weight is 455 g/mol. The fourth-order valence-corrected chi connectivity index (χ4v) is 4.99. The molecule has 4 rings (SSSR count). The van der Waals surface area contributed by atoms with Crippen LogP contribution in [0.15, 0.2) is 87.5 Å². The quantitative estimate of drug-likeness (QED) is 0.593. The predicted octanol–water partition coefficient (Wildman–Crippen LogP) is 3.58. The Balaban J connectivity index is 1.55. The number of nitrogens with zero attached hydrogens (tertiary/aromatic N) is 1. The number of sulfonamides is 1. The second-order valence-corrected chi connectivity index (χ2v) is 9.55. The molecule has 3 aromatic carbocycles. The van der Waals surface area contributed by atoms with E-state index in [1.807, 2.05) is 48.5 Å². The SMILES string of the molecule is CNS(=O)(=O)c1cccc(C(=O)OCC(=O)N2c3ccccc3Sc3ccccc32)c1. The van der Waals surface area contributed by atoms with E-state index in [-0.39, 0.29) is 10.5 Å². The van der Waals surface area contributed by atoms with Gasteiger partial charge in [-0.2, -0.15) is 0 Å². The molecular formula is C22H18N2O5S2. The van der Waals surface area contributed by atoms with Crippen molar-refractivity contribution in [3.8, 4) is 0 Å². The highest BCUT2D eigenvalue weighted by Gasteiger charge is 2.28. The zero-order valence-corrected chi connectivity index (χ0v) is 18.1. The molecule has 1 N–H and O–H groups in total. The van der Waals surface area contributed by atoms with Crippen LogP contribution in [0.2, 0.25) is 0 Å². The number of amides is 1. The minimum absolute atomic E-state index is 0.0409. The fraction of sp³-hybridized carbons (Fsp3) is 0.0909. The zero-order valence-electron chi connectivity index (χ0n) is 16.4. The number of esters is 1. The second kappa shape index (κ2) is 8.54. The lowest BCUT2D eigenvalue weighted by molar-refractivity contribution is -0.121. The first kappa shape index (κ1) is 21.1. The number of hydrogen-bond donors (Lipinski definition) is 1. The van der Waals surface area contributed by atoms with Gasteiger partial charge in [-0.3, -0.25) is 9.69 Å². The van der Waals surface area contributed by atoms with Crippen LogP contribution in [0.3, 0.4) is 0 Å². The van der Waals surface area contributed by atoms with Crippen molar-refractivity contribution in [1.82, 2.24) is 4.72 Å². The molecule has 7 nitrogen and oxygen atoms in total. The first-order valence-electron chi connectivity index (χ1n) is 9.30. The van der Waals surface area contributed by atoms with E-state index in [1.165, 1.54) is 36.2 Å². The van der Waals surface area contributed by atoms with Gasteiger partial charge in [-0.15, -0.1) is 0 Å². The molecule has 1 aliphatic rings. The van der Waals surface area contributed by atoms with Crippen LogP contribution in [0.25, 0.3) is 0 Å². The number of carbonyl (C=O) groups excluding carboxylic acids is 2. The summed E-state index contributed by atoms with van der Waals surface area (Å²) >= 11 is 1.57.